The monoisotopic (exact) mass is 353 g/mol. The van der Waals surface area contributed by atoms with E-state index in [9.17, 15) is 0 Å². The molecule has 0 amide bonds. The van der Waals surface area contributed by atoms with Gasteiger partial charge in [-0.1, -0.05) is 13.0 Å². The Balaban J connectivity index is 1.88. The van der Waals surface area contributed by atoms with Gasteiger partial charge < -0.3 is 5.32 Å². The van der Waals surface area contributed by atoms with E-state index in [1.807, 2.05) is 23.1 Å². The highest BCUT2D eigenvalue weighted by atomic mass is 79.9. The van der Waals surface area contributed by atoms with Crippen LogP contribution in [0.25, 0.3) is 0 Å². The van der Waals surface area contributed by atoms with Crippen molar-refractivity contribution in [2.45, 2.75) is 35.8 Å². The van der Waals surface area contributed by atoms with Gasteiger partial charge in [0.25, 0.3) is 0 Å². The van der Waals surface area contributed by atoms with Crippen LogP contribution < -0.4 is 5.32 Å². The molecule has 0 saturated heterocycles. The van der Waals surface area contributed by atoms with Crippen LogP contribution in [0.1, 0.15) is 30.5 Å². The Morgan fingerprint density at radius 1 is 1.32 bits per heavy atom. The fraction of sp³-hybridized carbons (Fsp3) is 0.333. The Morgan fingerprint density at radius 3 is 2.95 bits per heavy atom. The Morgan fingerprint density at radius 2 is 2.16 bits per heavy atom. The molecule has 0 spiro atoms. The van der Waals surface area contributed by atoms with Crippen molar-refractivity contribution in [1.29, 1.82) is 0 Å². The number of aryl methyl sites for hydroxylation is 1. The maximum Gasteiger partial charge on any atom is 0.0653 e. The van der Waals surface area contributed by atoms with Crippen molar-refractivity contribution in [3.05, 3.63) is 45.2 Å². The lowest BCUT2D eigenvalue weighted by Crippen LogP contribution is -2.19. The molecule has 1 unspecified atom stereocenters. The van der Waals surface area contributed by atoms with E-state index in [1.165, 1.54) is 27.4 Å². The maximum atomic E-state index is 3.70. The highest BCUT2D eigenvalue weighted by molar-refractivity contribution is 9.10. The summed E-state index contributed by atoms with van der Waals surface area (Å²) in [5.41, 5.74) is 3.92. The zero-order valence-corrected chi connectivity index (χ0v) is 14.2. The Bertz CT molecular complexity index is 594. The molecule has 2 heterocycles. The Kier molecular flexibility index (Phi) is 3.92. The van der Waals surface area contributed by atoms with Crippen LogP contribution in [-0.2, 0) is 0 Å². The first-order valence-corrected chi connectivity index (χ1v) is 8.95. The molecule has 0 radical (unpaired) electrons. The Hall–Kier alpha value is -0.450. The van der Waals surface area contributed by atoms with Gasteiger partial charge in [-0.25, -0.2) is 0 Å². The van der Waals surface area contributed by atoms with Gasteiger partial charge in [0.2, 0.25) is 0 Å². The molecule has 19 heavy (non-hydrogen) atoms. The van der Waals surface area contributed by atoms with Crippen molar-refractivity contribution in [3.63, 3.8) is 0 Å². The van der Waals surface area contributed by atoms with Crippen molar-refractivity contribution in [3.8, 4) is 0 Å². The third-order valence-electron chi connectivity index (χ3n) is 3.36. The zero-order valence-electron chi connectivity index (χ0n) is 10.9. The number of rotatable bonds is 2. The topological polar surface area (TPSA) is 12.0 Å². The average molecular weight is 354 g/mol. The van der Waals surface area contributed by atoms with Crippen molar-refractivity contribution in [2.75, 3.05) is 5.32 Å². The summed E-state index contributed by atoms with van der Waals surface area (Å²) in [4.78, 5) is 0. The van der Waals surface area contributed by atoms with E-state index in [0.717, 1.165) is 4.47 Å². The predicted molar refractivity (Wildman–Crippen MR) is 89.5 cm³/mol. The number of hydrogen-bond acceptors (Lipinski definition) is 3. The van der Waals surface area contributed by atoms with Gasteiger partial charge in [0.1, 0.15) is 0 Å². The van der Waals surface area contributed by atoms with Gasteiger partial charge in [0.15, 0.2) is 0 Å². The van der Waals surface area contributed by atoms with E-state index in [1.54, 1.807) is 0 Å². The van der Waals surface area contributed by atoms with Crippen LogP contribution in [0.15, 0.2) is 38.3 Å². The third-order valence-corrected chi connectivity index (χ3v) is 6.36. The predicted octanol–water partition coefficient (Wildman–Crippen LogP) is 5.86. The summed E-state index contributed by atoms with van der Waals surface area (Å²) in [6.07, 6.45) is 1.18. The largest absolute Gasteiger partial charge is 0.377 e. The molecule has 4 heteroatoms. The van der Waals surface area contributed by atoms with Crippen molar-refractivity contribution >= 4 is 44.7 Å². The smallest absolute Gasteiger partial charge is 0.0653 e. The van der Waals surface area contributed by atoms with Crippen LogP contribution in [0.4, 0.5) is 5.69 Å². The number of nitrogens with one attached hydrogen (secondary N) is 1. The summed E-state index contributed by atoms with van der Waals surface area (Å²) < 4.78 is 2.62. The minimum Gasteiger partial charge on any atom is -0.377 e. The fourth-order valence-electron chi connectivity index (χ4n) is 2.41. The number of benzene rings is 1. The number of halogens is 1. The van der Waals surface area contributed by atoms with Gasteiger partial charge in [0, 0.05) is 15.4 Å². The summed E-state index contributed by atoms with van der Waals surface area (Å²) in [7, 11) is 0. The molecule has 0 bridgehead atoms. The van der Waals surface area contributed by atoms with Gasteiger partial charge in [-0.3, -0.25) is 0 Å². The van der Waals surface area contributed by atoms with Crippen LogP contribution in [-0.4, -0.2) is 5.25 Å². The summed E-state index contributed by atoms with van der Waals surface area (Å²) in [5.74, 6) is 0. The molecule has 3 rings (SSSR count). The fourth-order valence-corrected chi connectivity index (χ4v) is 5.59. The minimum absolute atomic E-state index is 0.427. The molecule has 0 fully saturated rings. The van der Waals surface area contributed by atoms with Crippen LogP contribution in [0.2, 0.25) is 0 Å². The number of fused-ring (bicyclic) bond motifs is 1. The van der Waals surface area contributed by atoms with Gasteiger partial charge >= 0.3 is 0 Å². The molecule has 1 aromatic carbocycles. The van der Waals surface area contributed by atoms with Gasteiger partial charge in [-0.2, -0.15) is 0 Å². The average Bonchev–Trinajstić information content (AvgIpc) is 2.80. The highest BCUT2D eigenvalue weighted by Crippen LogP contribution is 2.45. The van der Waals surface area contributed by atoms with E-state index < -0.39 is 0 Å². The standard InChI is InChI=1S/C15H16BrNS2/c1-9-3-4-13(12(16)7-9)17-14-8-10(2)19-15-11(14)5-6-18-15/h3-7,10,14,17H,8H2,1-2H3/t10-,14?/m0/s1. The van der Waals surface area contributed by atoms with E-state index >= 15 is 0 Å². The lowest BCUT2D eigenvalue weighted by molar-refractivity contribution is 0.669. The second kappa shape index (κ2) is 5.51. The molecule has 0 aliphatic carbocycles. The molecule has 0 saturated carbocycles. The maximum absolute atomic E-state index is 3.70. The van der Waals surface area contributed by atoms with E-state index in [-0.39, 0.29) is 0 Å². The first-order valence-electron chi connectivity index (χ1n) is 6.40. The van der Waals surface area contributed by atoms with E-state index in [4.69, 9.17) is 0 Å². The van der Waals surface area contributed by atoms with Crippen LogP contribution >= 0.6 is 39.0 Å². The van der Waals surface area contributed by atoms with E-state index in [2.05, 4.69) is 64.7 Å². The summed E-state index contributed by atoms with van der Waals surface area (Å²) in [6, 6.07) is 9.17. The van der Waals surface area contributed by atoms with Gasteiger partial charge in [0.05, 0.1) is 10.3 Å². The first-order chi connectivity index (χ1) is 9.13. The van der Waals surface area contributed by atoms with Crippen LogP contribution in [0.3, 0.4) is 0 Å². The summed E-state index contributed by atoms with van der Waals surface area (Å²) in [5, 5.41) is 6.57. The van der Waals surface area contributed by atoms with Crippen LogP contribution in [0.5, 0.6) is 0 Å². The molecule has 1 nitrogen and oxygen atoms in total. The first kappa shape index (κ1) is 13.5. The molecule has 1 aromatic heterocycles. The summed E-state index contributed by atoms with van der Waals surface area (Å²) in [6.45, 7) is 4.43. The SMILES string of the molecule is Cc1ccc(NC2C[C@H](C)Sc3sccc32)c(Br)c1. The second-order valence-corrected chi connectivity index (χ2v) is 8.49. The number of anilines is 1. The van der Waals surface area contributed by atoms with Crippen LogP contribution in [0, 0.1) is 6.92 Å². The minimum atomic E-state index is 0.427. The lowest BCUT2D eigenvalue weighted by atomic mass is 10.0. The molecular weight excluding hydrogens is 338 g/mol. The molecule has 100 valence electrons. The molecule has 1 N–H and O–H groups in total. The summed E-state index contributed by atoms with van der Waals surface area (Å²) >= 11 is 7.52. The number of thioether (sulfide) groups is 1. The molecule has 1 aliphatic heterocycles. The van der Waals surface area contributed by atoms with Crippen molar-refractivity contribution in [1.82, 2.24) is 0 Å². The molecular formula is C15H16BrNS2. The lowest BCUT2D eigenvalue weighted by Gasteiger charge is -2.28. The number of thiophene rings is 1. The third kappa shape index (κ3) is 2.86. The Labute approximate surface area is 130 Å². The zero-order chi connectivity index (χ0) is 13.4. The van der Waals surface area contributed by atoms with Crippen molar-refractivity contribution < 1.29 is 0 Å². The second-order valence-electron chi connectivity index (χ2n) is 5.01. The van der Waals surface area contributed by atoms with Gasteiger partial charge in [-0.15, -0.1) is 23.1 Å². The molecule has 1 aliphatic rings. The quantitative estimate of drug-likeness (QED) is 0.725. The normalized spacial score (nSPS) is 22.1. The van der Waals surface area contributed by atoms with Crippen molar-refractivity contribution in [2.24, 2.45) is 0 Å². The highest BCUT2D eigenvalue weighted by Gasteiger charge is 2.26. The van der Waals surface area contributed by atoms with E-state index in [0.29, 0.717) is 11.3 Å². The van der Waals surface area contributed by atoms with Gasteiger partial charge in [-0.05, 0) is 64.0 Å². The number of hydrogen-bond donors (Lipinski definition) is 1. The molecule has 2 aromatic rings. The molecule has 2 atom stereocenters.